The smallest absolute Gasteiger partial charge is 0.127 e. The van der Waals surface area contributed by atoms with Crippen LogP contribution in [0.2, 0.25) is 0 Å². The highest BCUT2D eigenvalue weighted by atomic mass is 16.5. The maximum Gasteiger partial charge on any atom is 0.127 e. The number of hydrogen-bond acceptors (Lipinski definition) is 1. The van der Waals surface area contributed by atoms with Crippen LogP contribution in [0.1, 0.15) is 74.0 Å². The van der Waals surface area contributed by atoms with Crippen LogP contribution in [0.15, 0.2) is 78.9 Å². The summed E-state index contributed by atoms with van der Waals surface area (Å²) in [5, 5.41) is 0. The van der Waals surface area contributed by atoms with E-state index in [1.165, 1.54) is 43.2 Å². The molecular formula is C28H32O. The van der Waals surface area contributed by atoms with Gasteiger partial charge in [-0.25, -0.2) is 0 Å². The predicted molar refractivity (Wildman–Crippen MR) is 122 cm³/mol. The summed E-state index contributed by atoms with van der Waals surface area (Å²) in [6.45, 7) is 2.29. The molecule has 0 saturated heterocycles. The Morgan fingerprint density at radius 3 is 2.07 bits per heavy atom. The van der Waals surface area contributed by atoms with Crippen LogP contribution in [-0.2, 0) is 6.42 Å². The van der Waals surface area contributed by atoms with E-state index in [4.69, 9.17) is 4.74 Å². The molecule has 29 heavy (non-hydrogen) atoms. The third kappa shape index (κ3) is 5.29. The zero-order valence-corrected chi connectivity index (χ0v) is 17.5. The lowest BCUT2D eigenvalue weighted by Gasteiger charge is -2.22. The van der Waals surface area contributed by atoms with E-state index in [1.807, 2.05) is 30.3 Å². The Morgan fingerprint density at radius 1 is 0.759 bits per heavy atom. The van der Waals surface area contributed by atoms with E-state index in [2.05, 4.69) is 55.5 Å². The summed E-state index contributed by atoms with van der Waals surface area (Å²) < 4.78 is 5.94. The maximum atomic E-state index is 5.94. The highest BCUT2D eigenvalue weighted by molar-refractivity contribution is 5.35. The van der Waals surface area contributed by atoms with Crippen LogP contribution in [-0.4, -0.2) is 0 Å². The van der Waals surface area contributed by atoms with Crippen molar-refractivity contribution in [2.75, 3.05) is 0 Å². The first kappa shape index (κ1) is 19.8. The molecule has 1 heteroatoms. The van der Waals surface area contributed by atoms with Gasteiger partial charge in [0.1, 0.15) is 11.5 Å². The van der Waals surface area contributed by atoms with Crippen LogP contribution in [0.25, 0.3) is 0 Å². The van der Waals surface area contributed by atoms with E-state index in [0.717, 1.165) is 30.3 Å². The largest absolute Gasteiger partial charge is 0.457 e. The molecule has 1 nitrogen and oxygen atoms in total. The number of hydrogen-bond donors (Lipinski definition) is 0. The molecule has 0 aromatic heterocycles. The SMILES string of the molecule is CCC(Cc1ccc(C2CCCCC2)cc1)c1ccc(Oc2ccccc2)cc1. The lowest BCUT2D eigenvalue weighted by atomic mass is 9.83. The normalized spacial score (nSPS) is 15.8. The summed E-state index contributed by atoms with van der Waals surface area (Å²) >= 11 is 0. The van der Waals surface area contributed by atoms with Crippen LogP contribution in [0.3, 0.4) is 0 Å². The van der Waals surface area contributed by atoms with Gasteiger partial charge in [-0.15, -0.1) is 0 Å². The molecule has 0 radical (unpaired) electrons. The summed E-state index contributed by atoms with van der Waals surface area (Å²) in [7, 11) is 0. The fraction of sp³-hybridized carbons (Fsp3) is 0.357. The number of benzene rings is 3. The first-order valence-corrected chi connectivity index (χ1v) is 11.2. The van der Waals surface area contributed by atoms with Crippen molar-refractivity contribution in [1.29, 1.82) is 0 Å². The molecule has 1 aliphatic carbocycles. The molecular weight excluding hydrogens is 352 g/mol. The minimum Gasteiger partial charge on any atom is -0.457 e. The van der Waals surface area contributed by atoms with E-state index in [0.29, 0.717) is 5.92 Å². The Kier molecular flexibility index (Phi) is 6.67. The molecule has 0 heterocycles. The van der Waals surface area contributed by atoms with Gasteiger partial charge in [0.05, 0.1) is 0 Å². The Labute approximate surface area is 175 Å². The van der Waals surface area contributed by atoms with Crippen LogP contribution < -0.4 is 4.74 Å². The topological polar surface area (TPSA) is 9.23 Å². The van der Waals surface area contributed by atoms with Crippen LogP contribution >= 0.6 is 0 Å². The fourth-order valence-corrected chi connectivity index (χ4v) is 4.58. The van der Waals surface area contributed by atoms with E-state index in [9.17, 15) is 0 Å². The number of para-hydroxylation sites is 1. The van der Waals surface area contributed by atoms with Crippen molar-refractivity contribution in [3.05, 3.63) is 95.6 Å². The van der Waals surface area contributed by atoms with Crippen LogP contribution in [0.5, 0.6) is 11.5 Å². The molecule has 3 aromatic rings. The molecule has 0 spiro atoms. The maximum absolute atomic E-state index is 5.94. The number of rotatable bonds is 7. The van der Waals surface area contributed by atoms with Crippen molar-refractivity contribution in [3.8, 4) is 11.5 Å². The summed E-state index contributed by atoms with van der Waals surface area (Å²) in [6, 6.07) is 28.1. The van der Waals surface area contributed by atoms with Gasteiger partial charge in [-0.1, -0.05) is 80.8 Å². The van der Waals surface area contributed by atoms with Gasteiger partial charge in [-0.05, 0) is 78.5 Å². The van der Waals surface area contributed by atoms with Gasteiger partial charge in [0, 0.05) is 0 Å². The van der Waals surface area contributed by atoms with E-state index in [1.54, 1.807) is 5.56 Å². The van der Waals surface area contributed by atoms with Gasteiger partial charge in [0.2, 0.25) is 0 Å². The first-order chi connectivity index (χ1) is 14.3. The van der Waals surface area contributed by atoms with Crippen molar-refractivity contribution in [3.63, 3.8) is 0 Å². The highest BCUT2D eigenvalue weighted by Crippen LogP contribution is 2.33. The summed E-state index contributed by atoms with van der Waals surface area (Å²) in [5.41, 5.74) is 4.38. The molecule has 0 bridgehead atoms. The van der Waals surface area contributed by atoms with Crippen molar-refractivity contribution < 1.29 is 4.74 Å². The zero-order valence-electron chi connectivity index (χ0n) is 17.5. The molecule has 0 aliphatic heterocycles. The standard InChI is InChI=1S/C28H32O/c1-2-23(21-22-13-15-26(16-14-22)24-9-5-3-6-10-24)25-17-19-28(20-18-25)29-27-11-7-4-8-12-27/h4,7-8,11-20,23-24H,2-3,5-6,9-10,21H2,1H3. The van der Waals surface area contributed by atoms with Gasteiger partial charge in [-0.2, -0.15) is 0 Å². The van der Waals surface area contributed by atoms with Gasteiger partial charge in [-0.3, -0.25) is 0 Å². The second kappa shape index (κ2) is 9.78. The minimum atomic E-state index is 0.543. The molecule has 1 unspecified atom stereocenters. The van der Waals surface area contributed by atoms with E-state index < -0.39 is 0 Å². The first-order valence-electron chi connectivity index (χ1n) is 11.2. The third-order valence-corrected chi connectivity index (χ3v) is 6.36. The van der Waals surface area contributed by atoms with E-state index >= 15 is 0 Å². The summed E-state index contributed by atoms with van der Waals surface area (Å²) in [4.78, 5) is 0. The lowest BCUT2D eigenvalue weighted by molar-refractivity contribution is 0.443. The average Bonchev–Trinajstić information content (AvgIpc) is 2.80. The van der Waals surface area contributed by atoms with Crippen molar-refractivity contribution in [2.45, 2.75) is 63.7 Å². The van der Waals surface area contributed by atoms with Crippen LogP contribution in [0, 0.1) is 0 Å². The van der Waals surface area contributed by atoms with Gasteiger partial charge in [0.25, 0.3) is 0 Å². The Bertz CT molecular complexity index is 858. The Hall–Kier alpha value is -2.54. The van der Waals surface area contributed by atoms with Gasteiger partial charge >= 0.3 is 0 Å². The Morgan fingerprint density at radius 2 is 1.41 bits per heavy atom. The number of ether oxygens (including phenoxy) is 1. The molecule has 0 amide bonds. The van der Waals surface area contributed by atoms with Gasteiger partial charge < -0.3 is 4.74 Å². The molecule has 0 N–H and O–H groups in total. The summed E-state index contributed by atoms with van der Waals surface area (Å²) in [5.74, 6) is 3.11. The van der Waals surface area contributed by atoms with Crippen LogP contribution in [0.4, 0.5) is 0 Å². The predicted octanol–water partition coefficient (Wildman–Crippen LogP) is 8.26. The second-order valence-electron chi connectivity index (χ2n) is 8.37. The third-order valence-electron chi connectivity index (χ3n) is 6.36. The quantitative estimate of drug-likeness (QED) is 0.398. The molecule has 1 aliphatic rings. The molecule has 150 valence electrons. The van der Waals surface area contributed by atoms with E-state index in [-0.39, 0.29) is 0 Å². The summed E-state index contributed by atoms with van der Waals surface area (Å²) in [6.07, 6.45) is 9.19. The highest BCUT2D eigenvalue weighted by Gasteiger charge is 2.16. The minimum absolute atomic E-state index is 0.543. The van der Waals surface area contributed by atoms with Crippen molar-refractivity contribution in [1.82, 2.24) is 0 Å². The molecule has 1 fully saturated rings. The van der Waals surface area contributed by atoms with Crippen molar-refractivity contribution >= 4 is 0 Å². The zero-order chi connectivity index (χ0) is 19.9. The molecule has 1 saturated carbocycles. The molecule has 1 atom stereocenters. The molecule has 4 rings (SSSR count). The van der Waals surface area contributed by atoms with Gasteiger partial charge in [0.15, 0.2) is 0 Å². The molecule has 3 aromatic carbocycles. The fourth-order valence-electron chi connectivity index (χ4n) is 4.58. The lowest BCUT2D eigenvalue weighted by Crippen LogP contribution is -2.05. The Balaban J connectivity index is 1.39. The average molecular weight is 385 g/mol. The second-order valence-corrected chi connectivity index (χ2v) is 8.37. The van der Waals surface area contributed by atoms with Crippen molar-refractivity contribution in [2.24, 2.45) is 0 Å². The monoisotopic (exact) mass is 384 g/mol.